The number of hydrogen-bond donors (Lipinski definition) is 1. The lowest BCUT2D eigenvalue weighted by atomic mass is 10.2. The Bertz CT molecular complexity index is 352. The summed E-state index contributed by atoms with van der Waals surface area (Å²) in [5.41, 5.74) is 5.66. The number of aryl methyl sites for hydroxylation is 1. The van der Waals surface area contributed by atoms with E-state index in [1.54, 1.807) is 0 Å². The lowest BCUT2D eigenvalue weighted by Gasteiger charge is -2.37. The van der Waals surface area contributed by atoms with Gasteiger partial charge in [0.2, 0.25) is 0 Å². The predicted molar refractivity (Wildman–Crippen MR) is 66.7 cm³/mol. The maximum absolute atomic E-state index is 5.66. The molecule has 0 aromatic carbocycles. The van der Waals surface area contributed by atoms with Crippen molar-refractivity contribution in [1.82, 2.24) is 14.5 Å². The number of rotatable bonds is 4. The van der Waals surface area contributed by atoms with Crippen molar-refractivity contribution in [3.05, 3.63) is 18.2 Å². The van der Waals surface area contributed by atoms with Crippen LogP contribution in [0.4, 0.5) is 0 Å². The molecule has 1 saturated heterocycles. The molecule has 5 nitrogen and oxygen atoms in total. The minimum absolute atomic E-state index is 0.188. The van der Waals surface area contributed by atoms with Gasteiger partial charge in [0.25, 0.3) is 0 Å². The van der Waals surface area contributed by atoms with Crippen LogP contribution in [0.15, 0.2) is 12.4 Å². The van der Waals surface area contributed by atoms with Crippen molar-refractivity contribution < 1.29 is 4.74 Å². The molecule has 1 aromatic heterocycles. The number of morpholine rings is 1. The van der Waals surface area contributed by atoms with E-state index >= 15 is 0 Å². The van der Waals surface area contributed by atoms with Crippen molar-refractivity contribution in [1.29, 1.82) is 0 Å². The highest BCUT2D eigenvalue weighted by molar-refractivity contribution is 4.92. The molecule has 2 rings (SSSR count). The second-order valence-corrected chi connectivity index (χ2v) is 4.74. The topological polar surface area (TPSA) is 56.3 Å². The van der Waals surface area contributed by atoms with Crippen LogP contribution in [0.25, 0.3) is 0 Å². The molecule has 2 unspecified atom stereocenters. The average Bonchev–Trinajstić information content (AvgIpc) is 2.74. The molecule has 0 bridgehead atoms. The normalized spacial score (nSPS) is 26.3. The van der Waals surface area contributed by atoms with E-state index in [1.807, 2.05) is 19.4 Å². The molecule has 0 amide bonds. The summed E-state index contributed by atoms with van der Waals surface area (Å²) < 4.78 is 7.72. The summed E-state index contributed by atoms with van der Waals surface area (Å²) in [5, 5.41) is 0. The van der Waals surface area contributed by atoms with E-state index < -0.39 is 0 Å². The molecule has 17 heavy (non-hydrogen) atoms. The Balaban J connectivity index is 1.87. The van der Waals surface area contributed by atoms with Gasteiger partial charge in [-0.2, -0.15) is 0 Å². The highest BCUT2D eigenvalue weighted by Crippen LogP contribution is 2.11. The highest BCUT2D eigenvalue weighted by Gasteiger charge is 2.24. The average molecular weight is 238 g/mol. The van der Waals surface area contributed by atoms with E-state index in [1.165, 1.54) is 0 Å². The second-order valence-electron chi connectivity index (χ2n) is 4.74. The van der Waals surface area contributed by atoms with Gasteiger partial charge < -0.3 is 15.0 Å². The first kappa shape index (κ1) is 12.5. The van der Waals surface area contributed by atoms with Crippen molar-refractivity contribution >= 4 is 0 Å². The van der Waals surface area contributed by atoms with Crippen LogP contribution in [0, 0.1) is 0 Å². The minimum Gasteiger partial charge on any atom is -0.374 e. The summed E-state index contributed by atoms with van der Waals surface area (Å²) in [7, 11) is 2.04. The van der Waals surface area contributed by atoms with Gasteiger partial charge in [0.15, 0.2) is 0 Å². The van der Waals surface area contributed by atoms with E-state index in [0.29, 0.717) is 12.6 Å². The van der Waals surface area contributed by atoms with Gasteiger partial charge in [0.05, 0.1) is 12.7 Å². The van der Waals surface area contributed by atoms with Gasteiger partial charge in [-0.3, -0.25) is 4.90 Å². The first-order chi connectivity index (χ1) is 8.20. The Labute approximate surface area is 103 Å². The molecule has 2 heterocycles. The van der Waals surface area contributed by atoms with E-state index in [-0.39, 0.29) is 6.10 Å². The van der Waals surface area contributed by atoms with Gasteiger partial charge in [-0.15, -0.1) is 0 Å². The maximum Gasteiger partial charge on any atom is 0.109 e. The SMILES string of the molecule is CC1COC(CN)CN1CCc1nccn1C. The standard InChI is InChI=1S/C12H22N4O/c1-10-9-17-11(7-13)8-16(10)5-3-12-14-4-6-15(12)2/h4,6,10-11H,3,5,7-9,13H2,1-2H3. The van der Waals surface area contributed by atoms with Gasteiger partial charge in [0, 0.05) is 51.5 Å². The third kappa shape index (κ3) is 3.06. The Morgan fingerprint density at radius 2 is 2.41 bits per heavy atom. The fourth-order valence-electron chi connectivity index (χ4n) is 2.21. The highest BCUT2D eigenvalue weighted by atomic mass is 16.5. The zero-order valence-electron chi connectivity index (χ0n) is 10.7. The monoisotopic (exact) mass is 238 g/mol. The molecule has 96 valence electrons. The van der Waals surface area contributed by atoms with Crippen LogP contribution in [0.2, 0.25) is 0 Å². The summed E-state index contributed by atoms with van der Waals surface area (Å²) in [4.78, 5) is 6.78. The number of hydrogen-bond acceptors (Lipinski definition) is 4. The molecule has 1 fully saturated rings. The molecule has 0 radical (unpaired) electrons. The molecule has 0 aliphatic carbocycles. The Morgan fingerprint density at radius 1 is 1.59 bits per heavy atom. The van der Waals surface area contributed by atoms with E-state index in [9.17, 15) is 0 Å². The summed E-state index contributed by atoms with van der Waals surface area (Å²) >= 11 is 0. The quantitative estimate of drug-likeness (QED) is 0.803. The third-order valence-corrected chi connectivity index (χ3v) is 3.44. The van der Waals surface area contributed by atoms with Crippen LogP contribution in [-0.4, -0.2) is 52.8 Å². The summed E-state index contributed by atoms with van der Waals surface area (Å²) in [5.74, 6) is 1.13. The molecule has 0 spiro atoms. The molecule has 0 saturated carbocycles. The fraction of sp³-hybridized carbons (Fsp3) is 0.750. The van der Waals surface area contributed by atoms with Crippen LogP contribution >= 0.6 is 0 Å². The predicted octanol–water partition coefficient (Wildman–Crippen LogP) is 0.0106. The Hall–Kier alpha value is -0.910. The lowest BCUT2D eigenvalue weighted by molar-refractivity contribution is -0.0530. The minimum atomic E-state index is 0.188. The summed E-state index contributed by atoms with van der Waals surface area (Å²) in [6, 6.07) is 0.470. The number of nitrogens with two attached hydrogens (primary N) is 1. The maximum atomic E-state index is 5.66. The van der Waals surface area contributed by atoms with Crippen LogP contribution in [0.1, 0.15) is 12.7 Å². The van der Waals surface area contributed by atoms with Crippen LogP contribution in [0.5, 0.6) is 0 Å². The van der Waals surface area contributed by atoms with Gasteiger partial charge in [-0.05, 0) is 6.92 Å². The van der Waals surface area contributed by atoms with Crippen LogP contribution in [0.3, 0.4) is 0 Å². The fourth-order valence-corrected chi connectivity index (χ4v) is 2.21. The summed E-state index contributed by atoms with van der Waals surface area (Å²) in [6.07, 6.45) is 5.00. The molecule has 1 aliphatic rings. The van der Waals surface area contributed by atoms with E-state index in [0.717, 1.165) is 31.9 Å². The van der Waals surface area contributed by atoms with Crippen LogP contribution < -0.4 is 5.73 Å². The first-order valence-electron chi connectivity index (χ1n) is 6.22. The molecule has 5 heteroatoms. The first-order valence-corrected chi connectivity index (χ1v) is 6.22. The zero-order valence-corrected chi connectivity index (χ0v) is 10.7. The zero-order chi connectivity index (χ0) is 12.3. The Morgan fingerprint density at radius 3 is 3.06 bits per heavy atom. The van der Waals surface area contributed by atoms with Gasteiger partial charge in [0.1, 0.15) is 5.82 Å². The van der Waals surface area contributed by atoms with Crippen molar-refractivity contribution in [2.75, 3.05) is 26.2 Å². The van der Waals surface area contributed by atoms with Gasteiger partial charge >= 0.3 is 0 Å². The largest absolute Gasteiger partial charge is 0.374 e. The number of imidazole rings is 1. The molecule has 2 N–H and O–H groups in total. The number of nitrogens with zero attached hydrogens (tertiary/aromatic N) is 3. The van der Waals surface area contributed by atoms with E-state index in [4.69, 9.17) is 10.5 Å². The Kier molecular flexibility index (Phi) is 4.15. The second kappa shape index (κ2) is 5.62. The lowest BCUT2D eigenvalue weighted by Crippen LogP contribution is -2.51. The van der Waals surface area contributed by atoms with Crippen molar-refractivity contribution in [3.63, 3.8) is 0 Å². The van der Waals surface area contributed by atoms with Crippen LogP contribution in [-0.2, 0) is 18.2 Å². The summed E-state index contributed by atoms with van der Waals surface area (Å²) in [6.45, 7) is 5.53. The third-order valence-electron chi connectivity index (χ3n) is 3.44. The van der Waals surface area contributed by atoms with Crippen molar-refractivity contribution in [2.45, 2.75) is 25.5 Å². The molecule has 1 aromatic rings. The van der Waals surface area contributed by atoms with Crippen molar-refractivity contribution in [2.24, 2.45) is 12.8 Å². The van der Waals surface area contributed by atoms with Crippen molar-refractivity contribution in [3.8, 4) is 0 Å². The molecule has 1 aliphatic heterocycles. The number of aromatic nitrogens is 2. The molecular weight excluding hydrogens is 216 g/mol. The number of ether oxygens (including phenoxy) is 1. The molecule has 2 atom stereocenters. The van der Waals surface area contributed by atoms with Gasteiger partial charge in [-0.25, -0.2) is 4.98 Å². The molecular formula is C12H22N4O. The van der Waals surface area contributed by atoms with Gasteiger partial charge in [-0.1, -0.05) is 0 Å². The smallest absolute Gasteiger partial charge is 0.109 e. The van der Waals surface area contributed by atoms with E-state index in [2.05, 4.69) is 21.4 Å².